The van der Waals surface area contributed by atoms with Crippen LogP contribution in [0.15, 0.2) is 18.3 Å². The van der Waals surface area contributed by atoms with Gasteiger partial charge in [0.25, 0.3) is 0 Å². The Labute approximate surface area is 148 Å². The van der Waals surface area contributed by atoms with Crippen molar-refractivity contribution >= 4 is 30.8 Å². The van der Waals surface area contributed by atoms with Gasteiger partial charge in [0.1, 0.15) is 0 Å². The van der Waals surface area contributed by atoms with Crippen LogP contribution in [-0.2, 0) is 20.7 Å². The predicted molar refractivity (Wildman–Crippen MR) is 79.2 cm³/mol. The summed E-state index contributed by atoms with van der Waals surface area (Å²) in [6.45, 7) is 1.59. The fourth-order valence-electron chi connectivity index (χ4n) is 2.03. The van der Waals surface area contributed by atoms with Gasteiger partial charge < -0.3 is 14.9 Å². The molecule has 2 heterocycles. The van der Waals surface area contributed by atoms with Crippen LogP contribution in [0.5, 0.6) is 0 Å². The summed E-state index contributed by atoms with van der Waals surface area (Å²) in [7, 11) is 0. The number of halogens is 3. The van der Waals surface area contributed by atoms with E-state index < -0.39 is 18.1 Å². The number of aliphatic carboxylic acids is 2. The van der Waals surface area contributed by atoms with E-state index in [1.807, 2.05) is 12.1 Å². The number of alkyl halides is 3. The van der Waals surface area contributed by atoms with Gasteiger partial charge in [-0.1, -0.05) is 0 Å². The molecule has 1 fully saturated rings. The number of rotatable bonds is 3. The topological polar surface area (TPSA) is 96.7 Å². The monoisotopic (exact) mass is 343 g/mol. The molecule has 1 aromatic rings. The second-order valence-corrected chi connectivity index (χ2v) is 4.84. The molecule has 0 bridgehead atoms. The first-order chi connectivity index (χ1) is 10.7. The Morgan fingerprint density at radius 2 is 1.79 bits per heavy atom. The SMILES string of the molecule is O=C(O)C(F)(F)F.O=C(O)Cc1cc(C2CCOCC2)ccn1.[LiH]. The summed E-state index contributed by atoms with van der Waals surface area (Å²) >= 11 is 0. The molecular formula is C14H17F3LiNO5. The maximum absolute atomic E-state index is 10.6. The molecule has 1 saturated heterocycles. The van der Waals surface area contributed by atoms with Gasteiger partial charge in [-0.2, -0.15) is 13.2 Å². The number of aromatic nitrogens is 1. The normalized spacial score (nSPS) is 14.8. The van der Waals surface area contributed by atoms with Crippen molar-refractivity contribution in [2.75, 3.05) is 13.2 Å². The summed E-state index contributed by atoms with van der Waals surface area (Å²) < 4.78 is 37.0. The van der Waals surface area contributed by atoms with E-state index in [1.54, 1.807) is 6.20 Å². The molecule has 0 spiro atoms. The van der Waals surface area contributed by atoms with Crippen LogP contribution in [0.2, 0.25) is 0 Å². The van der Waals surface area contributed by atoms with Crippen LogP contribution in [0.4, 0.5) is 13.2 Å². The Morgan fingerprint density at radius 1 is 1.25 bits per heavy atom. The quantitative estimate of drug-likeness (QED) is 0.809. The molecule has 10 heteroatoms. The molecule has 1 aliphatic rings. The van der Waals surface area contributed by atoms with E-state index in [1.165, 1.54) is 5.56 Å². The predicted octanol–water partition coefficient (Wildman–Crippen LogP) is 1.59. The summed E-state index contributed by atoms with van der Waals surface area (Å²) in [5, 5.41) is 15.8. The third kappa shape index (κ3) is 8.33. The van der Waals surface area contributed by atoms with Gasteiger partial charge >= 0.3 is 37.0 Å². The first-order valence-corrected chi connectivity index (χ1v) is 6.74. The number of nitrogens with zero attached hydrogens (tertiary/aromatic N) is 1. The van der Waals surface area contributed by atoms with Gasteiger partial charge in [0.05, 0.1) is 12.1 Å². The minimum absolute atomic E-state index is 0. The number of carboxylic acids is 2. The number of pyridine rings is 1. The van der Waals surface area contributed by atoms with Crippen LogP contribution in [0.25, 0.3) is 0 Å². The van der Waals surface area contributed by atoms with Crippen molar-refractivity contribution in [1.82, 2.24) is 4.98 Å². The first-order valence-electron chi connectivity index (χ1n) is 6.74. The zero-order chi connectivity index (χ0) is 17.5. The molecule has 0 saturated carbocycles. The van der Waals surface area contributed by atoms with E-state index >= 15 is 0 Å². The second kappa shape index (κ2) is 10.3. The number of hydrogen-bond acceptors (Lipinski definition) is 4. The summed E-state index contributed by atoms with van der Waals surface area (Å²) in [5.41, 5.74) is 1.83. The molecule has 0 aliphatic carbocycles. The maximum atomic E-state index is 10.6. The van der Waals surface area contributed by atoms with Crippen molar-refractivity contribution in [2.45, 2.75) is 31.4 Å². The molecule has 0 unspecified atom stereocenters. The van der Waals surface area contributed by atoms with Crippen molar-refractivity contribution in [3.63, 3.8) is 0 Å². The number of hydrogen-bond donors (Lipinski definition) is 2. The van der Waals surface area contributed by atoms with E-state index in [4.69, 9.17) is 19.7 Å². The number of carboxylic acid groups (broad SMARTS) is 2. The standard InChI is InChI=1S/C12H15NO3.C2HF3O2.Li.H/c14-12(15)8-11-7-10(1-4-13-11)9-2-5-16-6-3-9;3-2(4,5)1(6)7;;/h1,4,7,9H,2-3,5-6,8H2,(H,14,15);(H,6,7);;. The van der Waals surface area contributed by atoms with Crippen LogP contribution in [-0.4, -0.2) is 65.4 Å². The molecule has 0 amide bonds. The van der Waals surface area contributed by atoms with Crippen LogP contribution in [0.3, 0.4) is 0 Å². The van der Waals surface area contributed by atoms with E-state index in [0.29, 0.717) is 11.6 Å². The fourth-order valence-corrected chi connectivity index (χ4v) is 2.03. The van der Waals surface area contributed by atoms with Gasteiger partial charge in [-0.3, -0.25) is 9.78 Å². The van der Waals surface area contributed by atoms with Gasteiger partial charge in [-0.25, -0.2) is 4.79 Å². The molecule has 1 aliphatic heterocycles. The molecule has 24 heavy (non-hydrogen) atoms. The van der Waals surface area contributed by atoms with Crippen molar-refractivity contribution in [3.05, 3.63) is 29.6 Å². The molecule has 0 atom stereocenters. The summed E-state index contributed by atoms with van der Waals surface area (Å²) in [6, 6.07) is 3.88. The van der Waals surface area contributed by atoms with Gasteiger partial charge in [0, 0.05) is 19.4 Å². The average Bonchev–Trinajstić information content (AvgIpc) is 2.47. The van der Waals surface area contributed by atoms with Crippen LogP contribution >= 0.6 is 0 Å². The molecular weight excluding hydrogens is 326 g/mol. The molecule has 2 rings (SSSR count). The van der Waals surface area contributed by atoms with Crippen LogP contribution in [0, 0.1) is 0 Å². The van der Waals surface area contributed by atoms with Crippen molar-refractivity contribution in [1.29, 1.82) is 0 Å². The molecule has 0 radical (unpaired) electrons. The van der Waals surface area contributed by atoms with Crippen molar-refractivity contribution < 1.29 is 37.7 Å². The number of ether oxygens (including phenoxy) is 1. The van der Waals surface area contributed by atoms with E-state index in [9.17, 15) is 18.0 Å². The molecule has 1 aromatic heterocycles. The summed E-state index contributed by atoms with van der Waals surface area (Å²) in [6.07, 6.45) is -1.37. The van der Waals surface area contributed by atoms with Gasteiger partial charge in [-0.05, 0) is 36.5 Å². The van der Waals surface area contributed by atoms with E-state index in [0.717, 1.165) is 26.1 Å². The Hall–Kier alpha value is -1.56. The van der Waals surface area contributed by atoms with Gasteiger partial charge in [0.2, 0.25) is 0 Å². The number of carbonyl (C=O) groups is 2. The molecule has 0 aromatic carbocycles. The van der Waals surface area contributed by atoms with E-state index in [2.05, 4.69) is 4.98 Å². The van der Waals surface area contributed by atoms with Crippen molar-refractivity contribution in [3.8, 4) is 0 Å². The minimum atomic E-state index is -5.08. The zero-order valence-electron chi connectivity index (χ0n) is 12.0. The Morgan fingerprint density at radius 3 is 2.25 bits per heavy atom. The Balaban J connectivity index is 0.000000570. The molecule has 2 N–H and O–H groups in total. The van der Waals surface area contributed by atoms with E-state index in [-0.39, 0.29) is 25.3 Å². The first kappa shape index (κ1) is 22.4. The van der Waals surface area contributed by atoms with Crippen molar-refractivity contribution in [2.24, 2.45) is 0 Å². The zero-order valence-corrected chi connectivity index (χ0v) is 12.0. The summed E-state index contributed by atoms with van der Waals surface area (Å²) in [4.78, 5) is 23.6. The Kier molecular flexibility index (Phi) is 9.66. The van der Waals surface area contributed by atoms with Gasteiger partial charge in [-0.15, -0.1) is 0 Å². The fraction of sp³-hybridized carbons (Fsp3) is 0.500. The third-order valence-corrected chi connectivity index (χ3v) is 3.11. The Bertz CT molecular complexity index is 547. The molecule has 6 nitrogen and oxygen atoms in total. The van der Waals surface area contributed by atoms with Crippen LogP contribution in [0.1, 0.15) is 30.0 Å². The average molecular weight is 343 g/mol. The second-order valence-electron chi connectivity index (χ2n) is 4.84. The van der Waals surface area contributed by atoms with Gasteiger partial charge in [0.15, 0.2) is 0 Å². The summed E-state index contributed by atoms with van der Waals surface area (Å²) in [5.74, 6) is -3.10. The third-order valence-electron chi connectivity index (χ3n) is 3.11. The van der Waals surface area contributed by atoms with Crippen LogP contribution < -0.4 is 0 Å². The molecule has 130 valence electrons.